The van der Waals surface area contributed by atoms with Crippen molar-refractivity contribution in [3.05, 3.63) is 64.9 Å². The van der Waals surface area contributed by atoms with Crippen LogP contribution in [0.1, 0.15) is 28.1 Å². The summed E-state index contributed by atoms with van der Waals surface area (Å²) in [5.41, 5.74) is 1.42. The van der Waals surface area contributed by atoms with E-state index < -0.39 is 0 Å². The molecule has 3 aromatic rings. The number of ketones is 1. The number of aromatic nitrogens is 1. The Morgan fingerprint density at radius 1 is 1.16 bits per heavy atom. The Kier molecular flexibility index (Phi) is 4.90. The van der Waals surface area contributed by atoms with Crippen LogP contribution in [0.3, 0.4) is 0 Å². The molecule has 0 aliphatic heterocycles. The molecule has 3 rings (SSSR count). The Morgan fingerprint density at radius 3 is 2.56 bits per heavy atom. The molecule has 6 heteroatoms. The Morgan fingerprint density at radius 2 is 1.92 bits per heavy atom. The van der Waals surface area contributed by atoms with E-state index in [1.165, 1.54) is 24.3 Å². The van der Waals surface area contributed by atoms with E-state index in [1.807, 2.05) is 43.3 Å². The zero-order valence-electron chi connectivity index (χ0n) is 13.8. The van der Waals surface area contributed by atoms with E-state index in [2.05, 4.69) is 10.3 Å². The van der Waals surface area contributed by atoms with Crippen LogP contribution in [0.2, 0.25) is 0 Å². The van der Waals surface area contributed by atoms with E-state index in [-0.39, 0.29) is 11.7 Å². The van der Waals surface area contributed by atoms with Crippen LogP contribution in [-0.2, 0) is 4.79 Å². The molecule has 2 heterocycles. The zero-order chi connectivity index (χ0) is 17.8. The van der Waals surface area contributed by atoms with E-state index in [1.54, 1.807) is 12.1 Å². The van der Waals surface area contributed by atoms with Gasteiger partial charge in [0.1, 0.15) is 11.5 Å². The van der Waals surface area contributed by atoms with Crippen LogP contribution >= 0.6 is 11.3 Å². The van der Waals surface area contributed by atoms with Gasteiger partial charge in [0.2, 0.25) is 5.91 Å². The van der Waals surface area contributed by atoms with Gasteiger partial charge < -0.3 is 4.42 Å². The fourth-order valence-corrected chi connectivity index (χ4v) is 3.14. The smallest absolute Gasteiger partial charge is 0.250 e. The number of aryl methyl sites for hydroxylation is 1. The Bertz CT molecular complexity index is 939. The first-order chi connectivity index (χ1) is 12.0. The van der Waals surface area contributed by atoms with Crippen molar-refractivity contribution in [2.24, 2.45) is 0 Å². The highest BCUT2D eigenvalue weighted by molar-refractivity contribution is 7.18. The average molecular weight is 352 g/mol. The van der Waals surface area contributed by atoms with Crippen LogP contribution in [-0.4, -0.2) is 16.7 Å². The highest BCUT2D eigenvalue weighted by atomic mass is 32.1. The predicted octanol–water partition coefficient (Wildman–Crippen LogP) is 4.57. The molecule has 0 radical (unpaired) electrons. The van der Waals surface area contributed by atoms with Gasteiger partial charge in [-0.05, 0) is 25.1 Å². The molecule has 1 aromatic carbocycles. The van der Waals surface area contributed by atoms with Crippen LogP contribution in [0.15, 0.2) is 53.0 Å². The molecule has 0 spiro atoms. The van der Waals surface area contributed by atoms with E-state index in [0.29, 0.717) is 21.5 Å². The monoisotopic (exact) mass is 352 g/mol. The lowest BCUT2D eigenvalue weighted by Gasteiger charge is -1.98. The molecule has 1 N–H and O–H groups in total. The first-order valence-corrected chi connectivity index (χ1v) is 8.47. The van der Waals surface area contributed by atoms with Crippen LogP contribution in [0, 0.1) is 6.92 Å². The molecule has 1 amide bonds. The quantitative estimate of drug-likeness (QED) is 0.539. The van der Waals surface area contributed by atoms with Crippen molar-refractivity contribution >= 4 is 34.2 Å². The molecule has 2 aromatic heterocycles. The molecular formula is C19H16N2O3S. The molecule has 0 fully saturated rings. The normalized spacial score (nSPS) is 11.0. The number of benzene rings is 1. The van der Waals surface area contributed by atoms with Gasteiger partial charge in [-0.3, -0.25) is 14.9 Å². The summed E-state index contributed by atoms with van der Waals surface area (Å²) in [6, 6.07) is 13.0. The molecule has 25 heavy (non-hydrogen) atoms. The SMILES string of the molecule is CC(=O)c1sc(NC(=O)/C=C/c2ccc(C)o2)nc1-c1ccccc1. The third-order valence-electron chi connectivity index (χ3n) is 3.38. The lowest BCUT2D eigenvalue weighted by Crippen LogP contribution is -2.07. The number of nitrogens with one attached hydrogen (secondary N) is 1. The summed E-state index contributed by atoms with van der Waals surface area (Å²) in [5.74, 6) is 0.954. The minimum absolute atomic E-state index is 0.0848. The number of amides is 1. The molecule has 0 bridgehead atoms. The largest absolute Gasteiger partial charge is 0.462 e. The Hall–Kier alpha value is -2.99. The van der Waals surface area contributed by atoms with Crippen molar-refractivity contribution in [1.29, 1.82) is 0 Å². The van der Waals surface area contributed by atoms with Crippen LogP contribution in [0.5, 0.6) is 0 Å². The molecule has 0 aliphatic rings. The predicted molar refractivity (Wildman–Crippen MR) is 98.7 cm³/mol. The minimum Gasteiger partial charge on any atom is -0.462 e. The van der Waals surface area contributed by atoms with Gasteiger partial charge in [-0.1, -0.05) is 41.7 Å². The van der Waals surface area contributed by atoms with Gasteiger partial charge in [0.15, 0.2) is 10.9 Å². The Balaban J connectivity index is 1.80. The summed E-state index contributed by atoms with van der Waals surface area (Å²) in [5, 5.41) is 3.08. The first kappa shape index (κ1) is 16.9. The lowest BCUT2D eigenvalue weighted by atomic mass is 10.1. The molecule has 0 saturated heterocycles. The molecule has 0 saturated carbocycles. The number of furan rings is 1. The van der Waals surface area contributed by atoms with Crippen molar-refractivity contribution in [2.75, 3.05) is 5.32 Å². The molecule has 126 valence electrons. The summed E-state index contributed by atoms with van der Waals surface area (Å²) in [6.45, 7) is 3.33. The summed E-state index contributed by atoms with van der Waals surface area (Å²) in [6.07, 6.45) is 2.95. The second kappa shape index (κ2) is 7.27. The standard InChI is InChI=1S/C19H16N2O3S/c1-12-8-9-15(24-12)10-11-16(23)20-19-21-17(18(25-19)13(2)22)14-6-4-3-5-7-14/h3-11H,1-2H3,(H,20,21,23)/b11-10+. The van der Waals surface area contributed by atoms with Crippen molar-refractivity contribution in [3.63, 3.8) is 0 Å². The highest BCUT2D eigenvalue weighted by Gasteiger charge is 2.17. The fraction of sp³-hybridized carbons (Fsp3) is 0.105. The van der Waals surface area contributed by atoms with Crippen molar-refractivity contribution in [3.8, 4) is 11.3 Å². The molecule has 0 atom stereocenters. The summed E-state index contributed by atoms with van der Waals surface area (Å²) in [7, 11) is 0. The molecule has 0 aliphatic carbocycles. The number of hydrogen-bond donors (Lipinski definition) is 1. The molecular weight excluding hydrogens is 336 g/mol. The van der Waals surface area contributed by atoms with Gasteiger partial charge >= 0.3 is 0 Å². The summed E-state index contributed by atoms with van der Waals surface area (Å²) < 4.78 is 5.37. The summed E-state index contributed by atoms with van der Waals surface area (Å²) >= 11 is 1.17. The minimum atomic E-state index is -0.336. The number of carbonyl (C=O) groups excluding carboxylic acids is 2. The van der Waals surface area contributed by atoms with Gasteiger partial charge in [-0.2, -0.15) is 0 Å². The highest BCUT2D eigenvalue weighted by Crippen LogP contribution is 2.31. The van der Waals surface area contributed by atoms with Gasteiger partial charge in [-0.25, -0.2) is 4.98 Å². The number of thiazole rings is 1. The van der Waals surface area contributed by atoms with E-state index in [4.69, 9.17) is 4.42 Å². The fourth-order valence-electron chi connectivity index (χ4n) is 2.25. The summed E-state index contributed by atoms with van der Waals surface area (Å²) in [4.78, 5) is 28.9. The zero-order valence-corrected chi connectivity index (χ0v) is 14.6. The number of carbonyl (C=O) groups is 2. The van der Waals surface area contributed by atoms with E-state index in [9.17, 15) is 9.59 Å². The Labute approximate surface area is 149 Å². The van der Waals surface area contributed by atoms with Crippen LogP contribution in [0.25, 0.3) is 17.3 Å². The van der Waals surface area contributed by atoms with Gasteiger partial charge in [0.05, 0.1) is 10.6 Å². The van der Waals surface area contributed by atoms with Crippen molar-refractivity contribution in [2.45, 2.75) is 13.8 Å². The van der Waals surface area contributed by atoms with Crippen LogP contribution in [0.4, 0.5) is 5.13 Å². The second-order valence-electron chi connectivity index (χ2n) is 5.39. The number of rotatable bonds is 5. The number of anilines is 1. The number of nitrogens with zero attached hydrogens (tertiary/aromatic N) is 1. The maximum atomic E-state index is 12.1. The average Bonchev–Trinajstić information content (AvgIpc) is 3.20. The topological polar surface area (TPSA) is 72.2 Å². The van der Waals surface area contributed by atoms with E-state index in [0.717, 1.165) is 11.3 Å². The van der Waals surface area contributed by atoms with E-state index >= 15 is 0 Å². The first-order valence-electron chi connectivity index (χ1n) is 7.65. The maximum absolute atomic E-state index is 12.1. The van der Waals surface area contributed by atoms with Crippen molar-refractivity contribution in [1.82, 2.24) is 4.98 Å². The second-order valence-corrected chi connectivity index (χ2v) is 6.39. The van der Waals surface area contributed by atoms with Crippen molar-refractivity contribution < 1.29 is 14.0 Å². The molecule has 0 unspecified atom stereocenters. The van der Waals surface area contributed by atoms with Gasteiger partial charge in [0, 0.05) is 18.6 Å². The van der Waals surface area contributed by atoms with Gasteiger partial charge in [-0.15, -0.1) is 0 Å². The third kappa shape index (κ3) is 4.10. The lowest BCUT2D eigenvalue weighted by molar-refractivity contribution is -0.111. The maximum Gasteiger partial charge on any atom is 0.250 e. The van der Waals surface area contributed by atoms with Gasteiger partial charge in [0.25, 0.3) is 0 Å². The molecule has 5 nitrogen and oxygen atoms in total. The number of Topliss-reactive ketones (excluding diaryl/α,β-unsaturated/α-hetero) is 1. The van der Waals surface area contributed by atoms with Crippen LogP contribution < -0.4 is 5.32 Å². The number of hydrogen-bond acceptors (Lipinski definition) is 5. The third-order valence-corrected chi connectivity index (χ3v) is 4.46.